The highest BCUT2D eigenvalue weighted by molar-refractivity contribution is 6.50. The number of piperidine rings is 1. The monoisotopic (exact) mass is 355 g/mol. The van der Waals surface area contributed by atoms with Crippen LogP contribution < -0.4 is 11.1 Å². The Hall–Kier alpha value is -2.30. The SMILES string of the molecule is CN/C(=C\C(=N)C(=N)c1cc(CC(C)C)ccc1N)N1CCC(C)CC1. The van der Waals surface area contributed by atoms with Crippen LogP contribution in [0.15, 0.2) is 30.1 Å². The van der Waals surface area contributed by atoms with E-state index in [1.807, 2.05) is 25.2 Å². The van der Waals surface area contributed by atoms with E-state index in [9.17, 15) is 0 Å². The number of anilines is 1. The van der Waals surface area contributed by atoms with Crippen LogP contribution in [-0.2, 0) is 6.42 Å². The zero-order chi connectivity index (χ0) is 19.3. The van der Waals surface area contributed by atoms with Crippen LogP contribution in [0.3, 0.4) is 0 Å². The second-order valence-electron chi connectivity index (χ2n) is 7.76. The second-order valence-corrected chi connectivity index (χ2v) is 7.76. The first-order valence-corrected chi connectivity index (χ1v) is 9.52. The van der Waals surface area contributed by atoms with Crippen LogP contribution in [0.25, 0.3) is 0 Å². The molecule has 1 heterocycles. The molecular weight excluding hydrogens is 322 g/mol. The van der Waals surface area contributed by atoms with E-state index in [2.05, 4.69) is 31.0 Å². The van der Waals surface area contributed by atoms with Gasteiger partial charge in [0.15, 0.2) is 0 Å². The molecule has 1 fully saturated rings. The smallest absolute Gasteiger partial charge is 0.103 e. The lowest BCUT2D eigenvalue weighted by Gasteiger charge is -2.33. The number of hydrogen-bond acceptors (Lipinski definition) is 5. The fourth-order valence-corrected chi connectivity index (χ4v) is 3.34. The van der Waals surface area contributed by atoms with E-state index in [1.165, 1.54) is 0 Å². The molecular formula is C21H33N5. The summed E-state index contributed by atoms with van der Waals surface area (Å²) >= 11 is 0. The molecule has 0 spiro atoms. The van der Waals surface area contributed by atoms with Crippen molar-refractivity contribution in [1.29, 1.82) is 10.8 Å². The molecule has 5 nitrogen and oxygen atoms in total. The Morgan fingerprint density at radius 2 is 1.96 bits per heavy atom. The predicted molar refractivity (Wildman–Crippen MR) is 111 cm³/mol. The number of nitrogens with one attached hydrogen (secondary N) is 3. The van der Waals surface area contributed by atoms with Crippen molar-refractivity contribution in [2.24, 2.45) is 11.8 Å². The molecule has 0 atom stereocenters. The van der Waals surface area contributed by atoms with E-state index < -0.39 is 0 Å². The van der Waals surface area contributed by atoms with Crippen molar-refractivity contribution in [3.05, 3.63) is 41.2 Å². The topological polar surface area (TPSA) is 89.0 Å². The van der Waals surface area contributed by atoms with Gasteiger partial charge in [0.05, 0.1) is 11.4 Å². The minimum atomic E-state index is 0.172. The third kappa shape index (κ3) is 5.10. The van der Waals surface area contributed by atoms with Gasteiger partial charge in [0.2, 0.25) is 0 Å². The zero-order valence-electron chi connectivity index (χ0n) is 16.5. The average Bonchev–Trinajstić information content (AvgIpc) is 2.61. The molecule has 1 aliphatic heterocycles. The maximum absolute atomic E-state index is 8.47. The number of benzene rings is 1. The van der Waals surface area contributed by atoms with Crippen LogP contribution in [0.2, 0.25) is 0 Å². The molecule has 1 aromatic rings. The number of nitrogens with two attached hydrogens (primary N) is 1. The molecule has 0 radical (unpaired) electrons. The number of likely N-dealkylation sites (tertiary alicyclic amines) is 1. The van der Waals surface area contributed by atoms with Crippen LogP contribution in [0.5, 0.6) is 0 Å². The van der Waals surface area contributed by atoms with Gasteiger partial charge < -0.3 is 16.0 Å². The summed E-state index contributed by atoms with van der Waals surface area (Å²) in [5.74, 6) is 2.20. The van der Waals surface area contributed by atoms with E-state index in [0.29, 0.717) is 17.2 Å². The van der Waals surface area contributed by atoms with Crippen molar-refractivity contribution in [1.82, 2.24) is 10.2 Å². The molecule has 0 aliphatic carbocycles. The lowest BCUT2D eigenvalue weighted by molar-refractivity contribution is 0.227. The largest absolute Gasteiger partial charge is 0.398 e. The van der Waals surface area contributed by atoms with Crippen molar-refractivity contribution < 1.29 is 0 Å². The summed E-state index contributed by atoms with van der Waals surface area (Å²) in [6.45, 7) is 8.60. The fraction of sp³-hybridized carbons (Fsp3) is 0.524. The van der Waals surface area contributed by atoms with Gasteiger partial charge in [0.1, 0.15) is 5.82 Å². The van der Waals surface area contributed by atoms with E-state index >= 15 is 0 Å². The molecule has 0 unspecified atom stereocenters. The summed E-state index contributed by atoms with van der Waals surface area (Å²) in [5.41, 5.74) is 8.81. The Kier molecular flexibility index (Phi) is 6.83. The highest BCUT2D eigenvalue weighted by atomic mass is 15.2. The van der Waals surface area contributed by atoms with E-state index in [0.717, 1.165) is 49.7 Å². The minimum Gasteiger partial charge on any atom is -0.398 e. The Bertz CT molecular complexity index is 682. The first-order chi connectivity index (χ1) is 12.3. The van der Waals surface area contributed by atoms with E-state index in [-0.39, 0.29) is 11.4 Å². The van der Waals surface area contributed by atoms with Gasteiger partial charge in [0.25, 0.3) is 0 Å². The molecule has 26 heavy (non-hydrogen) atoms. The normalized spacial score (nSPS) is 16.0. The van der Waals surface area contributed by atoms with Gasteiger partial charge >= 0.3 is 0 Å². The van der Waals surface area contributed by atoms with Crippen molar-refractivity contribution >= 4 is 17.1 Å². The van der Waals surface area contributed by atoms with Crippen LogP contribution in [-0.4, -0.2) is 36.5 Å². The number of nitrogen functional groups attached to an aromatic ring is 1. The van der Waals surface area contributed by atoms with Gasteiger partial charge in [0, 0.05) is 37.5 Å². The lowest BCUT2D eigenvalue weighted by Crippen LogP contribution is -2.37. The summed E-state index contributed by atoms with van der Waals surface area (Å²) in [4.78, 5) is 2.26. The molecule has 1 aromatic carbocycles. The Morgan fingerprint density at radius 1 is 1.31 bits per heavy atom. The van der Waals surface area contributed by atoms with Crippen LogP contribution in [0, 0.1) is 22.7 Å². The first kappa shape index (κ1) is 20.0. The van der Waals surface area contributed by atoms with E-state index in [4.69, 9.17) is 16.6 Å². The maximum Gasteiger partial charge on any atom is 0.103 e. The van der Waals surface area contributed by atoms with Crippen molar-refractivity contribution in [2.45, 2.75) is 40.0 Å². The molecule has 5 N–H and O–H groups in total. The summed E-state index contributed by atoms with van der Waals surface area (Å²) in [6, 6.07) is 5.82. The maximum atomic E-state index is 8.47. The van der Waals surface area contributed by atoms with Crippen LogP contribution in [0.4, 0.5) is 5.69 Å². The van der Waals surface area contributed by atoms with Gasteiger partial charge in [-0.3, -0.25) is 10.8 Å². The molecule has 0 aromatic heterocycles. The minimum absolute atomic E-state index is 0.172. The average molecular weight is 356 g/mol. The van der Waals surface area contributed by atoms with Gasteiger partial charge in [-0.25, -0.2) is 0 Å². The standard InChI is InChI=1S/C21H33N5/c1-14(2)11-16-5-6-18(22)17(12-16)21(24)19(23)13-20(25-4)26-9-7-15(3)8-10-26/h5-6,12-15,23-25H,7-11,22H2,1-4H3/b20-13+,23-19?,24-21?. The Labute approximate surface area is 157 Å². The molecule has 2 rings (SSSR count). The number of allylic oxidation sites excluding steroid dienone is 1. The lowest BCUT2D eigenvalue weighted by atomic mass is 9.96. The molecule has 5 heteroatoms. The van der Waals surface area contributed by atoms with Crippen molar-refractivity contribution in [3.63, 3.8) is 0 Å². The van der Waals surface area contributed by atoms with Crippen molar-refractivity contribution in [2.75, 3.05) is 25.9 Å². The summed E-state index contributed by atoms with van der Waals surface area (Å²) in [7, 11) is 1.87. The van der Waals surface area contributed by atoms with E-state index in [1.54, 1.807) is 6.08 Å². The first-order valence-electron chi connectivity index (χ1n) is 9.52. The Balaban J connectivity index is 2.18. The van der Waals surface area contributed by atoms with Gasteiger partial charge in [-0.05, 0) is 48.8 Å². The highest BCUT2D eigenvalue weighted by Gasteiger charge is 2.19. The molecule has 0 bridgehead atoms. The fourth-order valence-electron chi connectivity index (χ4n) is 3.34. The summed E-state index contributed by atoms with van der Waals surface area (Å²) in [6.07, 6.45) is 5.02. The highest BCUT2D eigenvalue weighted by Crippen LogP contribution is 2.20. The molecule has 0 amide bonds. The molecule has 142 valence electrons. The predicted octanol–water partition coefficient (Wildman–Crippen LogP) is 3.65. The zero-order valence-corrected chi connectivity index (χ0v) is 16.5. The van der Waals surface area contributed by atoms with Crippen LogP contribution in [0.1, 0.15) is 44.7 Å². The summed E-state index contributed by atoms with van der Waals surface area (Å²) < 4.78 is 0. The van der Waals surface area contributed by atoms with Crippen molar-refractivity contribution in [3.8, 4) is 0 Å². The number of nitrogens with zero attached hydrogens (tertiary/aromatic N) is 1. The quantitative estimate of drug-likeness (QED) is 0.445. The Morgan fingerprint density at radius 3 is 2.54 bits per heavy atom. The number of rotatable bonds is 7. The third-order valence-electron chi connectivity index (χ3n) is 4.96. The third-order valence-corrected chi connectivity index (χ3v) is 4.96. The van der Waals surface area contributed by atoms with Gasteiger partial charge in [-0.2, -0.15) is 0 Å². The molecule has 1 saturated heterocycles. The molecule has 1 aliphatic rings. The van der Waals surface area contributed by atoms with Gasteiger partial charge in [-0.15, -0.1) is 0 Å². The molecule has 0 saturated carbocycles. The van der Waals surface area contributed by atoms with Crippen LogP contribution >= 0.6 is 0 Å². The second kappa shape index (κ2) is 8.88. The number of hydrogen-bond donors (Lipinski definition) is 4. The summed E-state index contributed by atoms with van der Waals surface area (Å²) in [5, 5.41) is 20.1. The van der Waals surface area contributed by atoms with Gasteiger partial charge in [-0.1, -0.05) is 26.8 Å².